The highest BCUT2D eigenvalue weighted by Crippen LogP contribution is 2.28. The first kappa shape index (κ1) is 18.8. The average molecular weight is 396 g/mol. The van der Waals surface area contributed by atoms with E-state index in [0.717, 1.165) is 18.5 Å². The number of hydrogen-bond acceptors (Lipinski definition) is 6. The molecule has 29 heavy (non-hydrogen) atoms. The number of amides is 1. The van der Waals surface area contributed by atoms with E-state index in [0.29, 0.717) is 18.7 Å². The van der Waals surface area contributed by atoms with Crippen molar-refractivity contribution in [3.05, 3.63) is 59.0 Å². The van der Waals surface area contributed by atoms with Crippen molar-refractivity contribution >= 4 is 11.6 Å². The summed E-state index contributed by atoms with van der Waals surface area (Å²) in [6.07, 6.45) is 6.40. The van der Waals surface area contributed by atoms with Gasteiger partial charge in [-0.15, -0.1) is 0 Å². The number of carbonyl (C=O) groups excluding carboxylic acids is 1. The van der Waals surface area contributed by atoms with E-state index >= 15 is 0 Å². The van der Waals surface area contributed by atoms with Crippen LogP contribution in [-0.2, 0) is 16.1 Å². The molecule has 10 heteroatoms. The highest BCUT2D eigenvalue weighted by atomic mass is 16.6. The predicted molar refractivity (Wildman–Crippen MR) is 103 cm³/mol. The van der Waals surface area contributed by atoms with Crippen LogP contribution >= 0.6 is 0 Å². The van der Waals surface area contributed by atoms with E-state index in [-0.39, 0.29) is 29.9 Å². The van der Waals surface area contributed by atoms with Gasteiger partial charge in [-0.3, -0.25) is 19.6 Å². The molecule has 0 aliphatic carbocycles. The number of aromatic nitrogens is 4. The molecule has 0 bridgehead atoms. The van der Waals surface area contributed by atoms with E-state index in [1.165, 1.54) is 17.1 Å². The zero-order valence-corrected chi connectivity index (χ0v) is 15.6. The molecule has 1 fully saturated rings. The number of para-hydroxylation sites is 1. The first-order chi connectivity index (χ1) is 14.1. The van der Waals surface area contributed by atoms with Crippen molar-refractivity contribution in [3.63, 3.8) is 0 Å². The van der Waals surface area contributed by atoms with Gasteiger partial charge in [-0.05, 0) is 25.0 Å². The first-order valence-corrected chi connectivity index (χ1v) is 9.31. The summed E-state index contributed by atoms with van der Waals surface area (Å²) in [7, 11) is 0. The second-order valence-corrected chi connectivity index (χ2v) is 6.77. The molecule has 0 saturated carbocycles. The van der Waals surface area contributed by atoms with Crippen molar-refractivity contribution in [2.75, 3.05) is 13.2 Å². The van der Waals surface area contributed by atoms with Gasteiger partial charge in [0.05, 0.1) is 22.9 Å². The number of nitrogens with one attached hydrogen (secondary N) is 1. The molecule has 2 aromatic heterocycles. The molecule has 1 aromatic carbocycles. The van der Waals surface area contributed by atoms with Gasteiger partial charge < -0.3 is 10.1 Å². The van der Waals surface area contributed by atoms with Crippen LogP contribution in [0.1, 0.15) is 12.8 Å². The zero-order valence-electron chi connectivity index (χ0n) is 15.6. The number of hydrogen-bond donors (Lipinski definition) is 1. The normalized spacial score (nSPS) is 16.1. The molecule has 1 aliphatic heterocycles. The Bertz CT molecular complexity index is 1010. The van der Waals surface area contributed by atoms with Gasteiger partial charge in [0, 0.05) is 24.9 Å². The summed E-state index contributed by atoms with van der Waals surface area (Å²) in [6, 6.07) is 9.40. The Labute approximate surface area is 166 Å². The minimum absolute atomic E-state index is 0.0327. The SMILES string of the molecule is O=C(Cn1cc([N+](=O)[O-])c(-c2cnn(-c3ccccc3)c2)n1)NC[C@H]1CCCO1. The summed E-state index contributed by atoms with van der Waals surface area (Å²) in [5.41, 5.74) is 1.32. The second-order valence-electron chi connectivity index (χ2n) is 6.77. The molecule has 1 saturated heterocycles. The lowest BCUT2D eigenvalue weighted by Gasteiger charge is -2.10. The van der Waals surface area contributed by atoms with Crippen LogP contribution in [0, 0.1) is 10.1 Å². The maximum atomic E-state index is 12.2. The van der Waals surface area contributed by atoms with Gasteiger partial charge in [-0.2, -0.15) is 10.2 Å². The summed E-state index contributed by atoms with van der Waals surface area (Å²) in [4.78, 5) is 23.1. The molecule has 10 nitrogen and oxygen atoms in total. The van der Waals surface area contributed by atoms with E-state index < -0.39 is 4.92 Å². The lowest BCUT2D eigenvalue weighted by atomic mass is 10.2. The third-order valence-corrected chi connectivity index (χ3v) is 4.67. The van der Waals surface area contributed by atoms with Gasteiger partial charge in [0.1, 0.15) is 12.7 Å². The van der Waals surface area contributed by atoms with Gasteiger partial charge in [0.25, 0.3) is 0 Å². The molecule has 0 radical (unpaired) electrons. The van der Waals surface area contributed by atoms with Crippen molar-refractivity contribution in [1.82, 2.24) is 24.9 Å². The standard InChI is InChI=1S/C19H20N6O4/c26-18(20-10-16-7-4-8-29-16)13-23-12-17(25(27)28)19(22-23)14-9-21-24(11-14)15-5-2-1-3-6-15/h1-3,5-6,9,11-12,16H,4,7-8,10,13H2,(H,20,26)/t16-/m1/s1. The van der Waals surface area contributed by atoms with Gasteiger partial charge in [0.15, 0.2) is 5.69 Å². The number of nitro groups is 1. The van der Waals surface area contributed by atoms with Crippen LogP contribution in [0.15, 0.2) is 48.9 Å². The van der Waals surface area contributed by atoms with Crippen molar-refractivity contribution in [1.29, 1.82) is 0 Å². The Morgan fingerprint density at radius 1 is 1.31 bits per heavy atom. The lowest BCUT2D eigenvalue weighted by molar-refractivity contribution is -0.384. The average Bonchev–Trinajstić information content (AvgIpc) is 3.47. The van der Waals surface area contributed by atoms with Crippen LogP contribution in [0.3, 0.4) is 0 Å². The molecule has 1 atom stereocenters. The smallest absolute Gasteiger partial charge is 0.315 e. The van der Waals surface area contributed by atoms with Crippen molar-refractivity contribution in [2.45, 2.75) is 25.5 Å². The quantitative estimate of drug-likeness (QED) is 0.482. The van der Waals surface area contributed by atoms with Crippen LogP contribution < -0.4 is 5.32 Å². The fraction of sp³-hybridized carbons (Fsp3) is 0.316. The highest BCUT2D eigenvalue weighted by Gasteiger charge is 2.23. The van der Waals surface area contributed by atoms with Crippen LogP contribution in [0.25, 0.3) is 16.9 Å². The Morgan fingerprint density at radius 3 is 2.86 bits per heavy atom. The van der Waals surface area contributed by atoms with Gasteiger partial charge >= 0.3 is 5.69 Å². The summed E-state index contributed by atoms with van der Waals surface area (Å²) in [5.74, 6) is -0.274. The molecule has 1 N–H and O–H groups in total. The topological polar surface area (TPSA) is 117 Å². The number of benzene rings is 1. The minimum atomic E-state index is -0.511. The molecule has 3 aromatic rings. The molecular weight excluding hydrogens is 376 g/mol. The molecule has 0 spiro atoms. The van der Waals surface area contributed by atoms with E-state index in [1.54, 1.807) is 10.9 Å². The van der Waals surface area contributed by atoms with Crippen molar-refractivity contribution in [2.24, 2.45) is 0 Å². The summed E-state index contributed by atoms with van der Waals surface area (Å²) >= 11 is 0. The predicted octanol–water partition coefficient (Wildman–Crippen LogP) is 1.94. The molecule has 1 amide bonds. The summed E-state index contributed by atoms with van der Waals surface area (Å²) in [5, 5.41) is 22.8. The zero-order chi connectivity index (χ0) is 20.2. The van der Waals surface area contributed by atoms with E-state index in [2.05, 4.69) is 15.5 Å². The second kappa shape index (κ2) is 8.23. The highest BCUT2D eigenvalue weighted by molar-refractivity contribution is 5.76. The third kappa shape index (κ3) is 4.32. The van der Waals surface area contributed by atoms with Gasteiger partial charge in [-0.25, -0.2) is 4.68 Å². The van der Waals surface area contributed by atoms with Crippen LogP contribution in [0.2, 0.25) is 0 Å². The van der Waals surface area contributed by atoms with E-state index in [9.17, 15) is 14.9 Å². The number of rotatable bonds is 7. The Kier molecular flexibility index (Phi) is 5.34. The fourth-order valence-electron chi connectivity index (χ4n) is 3.23. The van der Waals surface area contributed by atoms with Crippen LogP contribution in [0.4, 0.5) is 5.69 Å². The third-order valence-electron chi connectivity index (χ3n) is 4.67. The van der Waals surface area contributed by atoms with Crippen LogP contribution in [-0.4, -0.2) is 49.6 Å². The molecule has 4 rings (SSSR count). The molecular formula is C19H20N6O4. The fourth-order valence-corrected chi connectivity index (χ4v) is 3.23. The lowest BCUT2D eigenvalue weighted by Crippen LogP contribution is -2.34. The van der Waals surface area contributed by atoms with Crippen molar-refractivity contribution < 1.29 is 14.5 Å². The Morgan fingerprint density at radius 2 is 2.14 bits per heavy atom. The maximum absolute atomic E-state index is 12.2. The molecule has 0 unspecified atom stereocenters. The Balaban J connectivity index is 1.50. The Hall–Kier alpha value is -3.53. The summed E-state index contributed by atoms with van der Waals surface area (Å²) in [6.45, 7) is 1.03. The number of ether oxygens (including phenoxy) is 1. The first-order valence-electron chi connectivity index (χ1n) is 9.31. The van der Waals surface area contributed by atoms with E-state index in [1.807, 2.05) is 30.3 Å². The van der Waals surface area contributed by atoms with Crippen molar-refractivity contribution in [3.8, 4) is 16.9 Å². The van der Waals surface area contributed by atoms with Gasteiger partial charge in [0.2, 0.25) is 5.91 Å². The molecule has 3 heterocycles. The molecule has 150 valence electrons. The van der Waals surface area contributed by atoms with Crippen LogP contribution in [0.5, 0.6) is 0 Å². The largest absolute Gasteiger partial charge is 0.376 e. The number of carbonyl (C=O) groups is 1. The summed E-state index contributed by atoms with van der Waals surface area (Å²) < 4.78 is 8.36. The molecule has 1 aliphatic rings. The monoisotopic (exact) mass is 396 g/mol. The minimum Gasteiger partial charge on any atom is -0.376 e. The van der Waals surface area contributed by atoms with E-state index in [4.69, 9.17) is 4.74 Å². The van der Waals surface area contributed by atoms with Gasteiger partial charge in [-0.1, -0.05) is 18.2 Å². The maximum Gasteiger partial charge on any atom is 0.315 e. The number of nitrogens with zero attached hydrogens (tertiary/aromatic N) is 5.